The topological polar surface area (TPSA) is 21.3 Å². The summed E-state index contributed by atoms with van der Waals surface area (Å²) in [6.07, 6.45) is 1.01. The van der Waals surface area contributed by atoms with Crippen LogP contribution in [0.2, 0.25) is 0 Å². The lowest BCUT2D eigenvalue weighted by atomic mass is 10.1. The Morgan fingerprint density at radius 1 is 1.14 bits per heavy atom. The predicted molar refractivity (Wildman–Crippen MR) is 92.1 cm³/mol. The van der Waals surface area contributed by atoms with E-state index in [0.717, 1.165) is 28.9 Å². The van der Waals surface area contributed by atoms with Gasteiger partial charge in [0, 0.05) is 6.04 Å². The van der Waals surface area contributed by atoms with Crippen molar-refractivity contribution in [1.82, 2.24) is 5.32 Å². The molecule has 1 N–H and O–H groups in total. The molecule has 0 fully saturated rings. The lowest BCUT2D eigenvalue weighted by Gasteiger charge is -2.15. The fourth-order valence-corrected chi connectivity index (χ4v) is 2.73. The number of rotatable bonds is 6. The lowest BCUT2D eigenvalue weighted by Crippen LogP contribution is -2.17. The Bertz CT molecular complexity index is 598. The Labute approximate surface area is 135 Å². The van der Waals surface area contributed by atoms with Gasteiger partial charge in [-0.25, -0.2) is 0 Å². The molecule has 2 rings (SSSR count). The first-order chi connectivity index (χ1) is 10.1. The minimum atomic E-state index is 0.337. The number of ether oxygens (including phenoxy) is 1. The van der Waals surface area contributed by atoms with Crippen LogP contribution in [0, 0.1) is 0 Å². The third-order valence-electron chi connectivity index (χ3n) is 3.50. The monoisotopic (exact) mass is 347 g/mol. The van der Waals surface area contributed by atoms with Gasteiger partial charge in [-0.3, -0.25) is 0 Å². The van der Waals surface area contributed by atoms with E-state index in [4.69, 9.17) is 4.74 Å². The summed E-state index contributed by atoms with van der Waals surface area (Å²) in [5.74, 6) is 1.72. The minimum absolute atomic E-state index is 0.337. The first kappa shape index (κ1) is 16.1. The molecule has 0 aliphatic heterocycles. The van der Waals surface area contributed by atoms with Gasteiger partial charge in [0.15, 0.2) is 0 Å². The summed E-state index contributed by atoms with van der Waals surface area (Å²) in [5, 5.41) is 3.41. The van der Waals surface area contributed by atoms with Gasteiger partial charge in [-0.15, -0.1) is 0 Å². The average Bonchev–Trinajstić information content (AvgIpc) is 2.49. The second-order valence-corrected chi connectivity index (χ2v) is 5.93. The Hall–Kier alpha value is -1.32. The molecule has 0 saturated carbocycles. The number of hydrogen-bond donors (Lipinski definition) is 1. The van der Waals surface area contributed by atoms with Gasteiger partial charge in [-0.2, -0.15) is 0 Å². The molecule has 3 heteroatoms. The van der Waals surface area contributed by atoms with Crippen molar-refractivity contribution in [2.24, 2.45) is 0 Å². The van der Waals surface area contributed by atoms with Crippen molar-refractivity contribution in [2.75, 3.05) is 6.54 Å². The van der Waals surface area contributed by atoms with E-state index in [9.17, 15) is 0 Å². The minimum Gasteiger partial charge on any atom is -0.456 e. The highest BCUT2D eigenvalue weighted by molar-refractivity contribution is 9.10. The fourth-order valence-electron chi connectivity index (χ4n) is 2.25. The zero-order chi connectivity index (χ0) is 15.2. The van der Waals surface area contributed by atoms with Crippen LogP contribution >= 0.6 is 15.9 Å². The lowest BCUT2D eigenvalue weighted by molar-refractivity contribution is 0.478. The molecule has 2 aromatic carbocycles. The summed E-state index contributed by atoms with van der Waals surface area (Å²) < 4.78 is 6.96. The SMILES string of the molecule is CCNC(C)c1ccc(Oc2cccc(CC)c2)c(Br)c1. The quantitative estimate of drug-likeness (QED) is 0.747. The molecule has 21 heavy (non-hydrogen) atoms. The smallest absolute Gasteiger partial charge is 0.141 e. The summed E-state index contributed by atoms with van der Waals surface area (Å²) >= 11 is 3.61. The van der Waals surface area contributed by atoms with E-state index in [1.165, 1.54) is 11.1 Å². The molecule has 0 heterocycles. The normalized spacial score (nSPS) is 12.2. The molecule has 0 saturated heterocycles. The van der Waals surface area contributed by atoms with Gasteiger partial charge in [0.25, 0.3) is 0 Å². The van der Waals surface area contributed by atoms with Gasteiger partial charge in [-0.1, -0.05) is 32.0 Å². The first-order valence-corrected chi connectivity index (χ1v) is 8.23. The van der Waals surface area contributed by atoms with Gasteiger partial charge in [0.2, 0.25) is 0 Å². The summed E-state index contributed by atoms with van der Waals surface area (Å²) in [4.78, 5) is 0. The van der Waals surface area contributed by atoms with Crippen LogP contribution in [0.15, 0.2) is 46.9 Å². The first-order valence-electron chi connectivity index (χ1n) is 7.43. The van der Waals surface area contributed by atoms with E-state index < -0.39 is 0 Å². The van der Waals surface area contributed by atoms with Gasteiger partial charge in [0.1, 0.15) is 11.5 Å². The molecule has 1 atom stereocenters. The number of nitrogens with one attached hydrogen (secondary N) is 1. The summed E-state index contributed by atoms with van der Waals surface area (Å²) in [5.41, 5.74) is 2.53. The molecule has 0 aliphatic carbocycles. The Balaban J connectivity index is 2.17. The summed E-state index contributed by atoms with van der Waals surface area (Å²) in [7, 11) is 0. The highest BCUT2D eigenvalue weighted by Gasteiger charge is 2.08. The molecule has 112 valence electrons. The molecule has 0 bridgehead atoms. The van der Waals surface area contributed by atoms with E-state index in [-0.39, 0.29) is 0 Å². The van der Waals surface area contributed by atoms with Crippen molar-refractivity contribution in [1.29, 1.82) is 0 Å². The van der Waals surface area contributed by atoms with Crippen LogP contribution in [0.4, 0.5) is 0 Å². The molecule has 0 radical (unpaired) electrons. The van der Waals surface area contributed by atoms with Crippen molar-refractivity contribution in [3.05, 3.63) is 58.1 Å². The number of benzene rings is 2. The molecule has 0 amide bonds. The summed E-state index contributed by atoms with van der Waals surface area (Å²) in [6.45, 7) is 7.38. The standard InChI is InChI=1S/C18H22BrNO/c1-4-14-7-6-8-16(11-14)21-18-10-9-15(12-17(18)19)13(3)20-5-2/h6-13,20H,4-5H2,1-3H3. The van der Waals surface area contributed by atoms with Crippen LogP contribution in [0.3, 0.4) is 0 Å². The van der Waals surface area contributed by atoms with Crippen LogP contribution in [-0.4, -0.2) is 6.54 Å². The third kappa shape index (κ3) is 4.32. The van der Waals surface area contributed by atoms with Crippen LogP contribution in [-0.2, 0) is 6.42 Å². The van der Waals surface area contributed by atoms with Crippen molar-refractivity contribution in [3.63, 3.8) is 0 Å². The summed E-state index contributed by atoms with van der Waals surface area (Å²) in [6, 6.07) is 14.8. The van der Waals surface area contributed by atoms with E-state index in [0.29, 0.717) is 6.04 Å². The highest BCUT2D eigenvalue weighted by Crippen LogP contribution is 2.32. The predicted octanol–water partition coefficient (Wildman–Crippen LogP) is 5.47. The maximum Gasteiger partial charge on any atom is 0.141 e. The molecule has 0 aliphatic rings. The van der Waals surface area contributed by atoms with Gasteiger partial charge in [0.05, 0.1) is 4.47 Å². The highest BCUT2D eigenvalue weighted by atomic mass is 79.9. The zero-order valence-corrected chi connectivity index (χ0v) is 14.4. The molecule has 2 aromatic rings. The maximum absolute atomic E-state index is 5.98. The second kappa shape index (κ2) is 7.62. The Morgan fingerprint density at radius 2 is 1.95 bits per heavy atom. The second-order valence-electron chi connectivity index (χ2n) is 5.07. The van der Waals surface area contributed by atoms with Gasteiger partial charge in [-0.05, 0) is 71.2 Å². The zero-order valence-electron chi connectivity index (χ0n) is 12.8. The maximum atomic E-state index is 5.98. The Morgan fingerprint density at radius 3 is 2.62 bits per heavy atom. The molecular weight excluding hydrogens is 326 g/mol. The number of halogens is 1. The van der Waals surface area contributed by atoms with Gasteiger partial charge < -0.3 is 10.1 Å². The van der Waals surface area contributed by atoms with Crippen molar-refractivity contribution < 1.29 is 4.74 Å². The van der Waals surface area contributed by atoms with Crippen molar-refractivity contribution >= 4 is 15.9 Å². The van der Waals surface area contributed by atoms with Gasteiger partial charge >= 0.3 is 0 Å². The number of hydrogen-bond acceptors (Lipinski definition) is 2. The molecular formula is C18H22BrNO. The van der Waals surface area contributed by atoms with Crippen LogP contribution in [0.5, 0.6) is 11.5 Å². The van der Waals surface area contributed by atoms with E-state index in [1.54, 1.807) is 0 Å². The Kier molecular flexibility index (Phi) is 5.83. The number of aryl methyl sites for hydroxylation is 1. The molecule has 1 unspecified atom stereocenters. The van der Waals surface area contributed by atoms with E-state index in [2.05, 4.69) is 66.3 Å². The van der Waals surface area contributed by atoms with Crippen LogP contribution in [0.25, 0.3) is 0 Å². The van der Waals surface area contributed by atoms with Crippen LogP contribution < -0.4 is 10.1 Å². The largest absolute Gasteiger partial charge is 0.456 e. The van der Waals surface area contributed by atoms with Crippen molar-refractivity contribution in [2.45, 2.75) is 33.2 Å². The third-order valence-corrected chi connectivity index (χ3v) is 4.12. The average molecular weight is 348 g/mol. The molecule has 0 aromatic heterocycles. The van der Waals surface area contributed by atoms with Crippen LogP contribution in [0.1, 0.15) is 37.9 Å². The molecule has 2 nitrogen and oxygen atoms in total. The fraction of sp³-hybridized carbons (Fsp3) is 0.333. The van der Waals surface area contributed by atoms with Crippen molar-refractivity contribution in [3.8, 4) is 11.5 Å². The molecule has 0 spiro atoms. The van der Waals surface area contributed by atoms with E-state index in [1.807, 2.05) is 18.2 Å². The van der Waals surface area contributed by atoms with E-state index >= 15 is 0 Å².